The summed E-state index contributed by atoms with van der Waals surface area (Å²) < 4.78 is 19.2. The van der Waals surface area contributed by atoms with Gasteiger partial charge in [0, 0.05) is 11.8 Å². The van der Waals surface area contributed by atoms with Crippen molar-refractivity contribution in [2.45, 2.75) is 65.1 Å². The number of benzene rings is 2. The standard InChI is InChI=1S/C32H38N6O5/c1-19(2)29-23-17-33-38(32(3,4)5)30(23)31(40)36(35-29)18-28(39)37-25(21-11-14-26(42-7)27(15-21)43-8)16-24(34-37)20-9-12-22(41-6)13-10-20/h9-15,17,19,25H,16,18H2,1-8H3. The molecule has 1 amide bonds. The van der Waals surface area contributed by atoms with E-state index >= 15 is 0 Å². The molecule has 226 valence electrons. The summed E-state index contributed by atoms with van der Waals surface area (Å²) in [5, 5.41) is 16.1. The Balaban J connectivity index is 1.58. The summed E-state index contributed by atoms with van der Waals surface area (Å²) in [4.78, 5) is 27.9. The molecule has 0 aliphatic carbocycles. The van der Waals surface area contributed by atoms with Gasteiger partial charge in [0.2, 0.25) is 0 Å². The summed E-state index contributed by atoms with van der Waals surface area (Å²) in [5.41, 5.74) is 2.75. The van der Waals surface area contributed by atoms with Gasteiger partial charge < -0.3 is 14.2 Å². The lowest BCUT2D eigenvalue weighted by Crippen LogP contribution is -2.37. The average molecular weight is 587 g/mol. The summed E-state index contributed by atoms with van der Waals surface area (Å²) in [5.74, 6) is 1.50. The van der Waals surface area contributed by atoms with E-state index in [0.717, 1.165) is 22.6 Å². The van der Waals surface area contributed by atoms with Crippen LogP contribution in [0.3, 0.4) is 0 Å². The molecule has 11 heteroatoms. The highest BCUT2D eigenvalue weighted by Gasteiger charge is 2.34. The molecule has 1 atom stereocenters. The zero-order chi connectivity index (χ0) is 31.1. The number of hydrogen-bond donors (Lipinski definition) is 0. The van der Waals surface area contributed by atoms with Crippen LogP contribution >= 0.6 is 0 Å². The second kappa shape index (κ2) is 11.5. The first kappa shape index (κ1) is 29.8. The number of fused-ring (bicyclic) bond motifs is 1. The van der Waals surface area contributed by atoms with Gasteiger partial charge in [-0.2, -0.15) is 15.3 Å². The lowest BCUT2D eigenvalue weighted by atomic mass is 9.98. The number of carbonyl (C=O) groups is 1. The van der Waals surface area contributed by atoms with E-state index in [4.69, 9.17) is 19.3 Å². The summed E-state index contributed by atoms with van der Waals surface area (Å²) in [7, 11) is 4.76. The summed E-state index contributed by atoms with van der Waals surface area (Å²) in [6.45, 7) is 9.68. The molecule has 0 radical (unpaired) electrons. The molecular weight excluding hydrogens is 548 g/mol. The van der Waals surface area contributed by atoms with Crippen LogP contribution < -0.4 is 19.8 Å². The number of methoxy groups -OCH3 is 3. The number of ether oxygens (including phenoxy) is 3. The number of hydrazone groups is 1. The molecule has 0 saturated carbocycles. The predicted octanol–water partition coefficient (Wildman–Crippen LogP) is 4.88. The first-order valence-electron chi connectivity index (χ1n) is 14.2. The van der Waals surface area contributed by atoms with Crippen LogP contribution in [0.4, 0.5) is 0 Å². The van der Waals surface area contributed by atoms with Gasteiger partial charge in [-0.05, 0) is 74.2 Å². The van der Waals surface area contributed by atoms with E-state index in [1.807, 2.05) is 77.1 Å². The molecule has 0 N–H and O–H groups in total. The Morgan fingerprint density at radius 2 is 1.70 bits per heavy atom. The van der Waals surface area contributed by atoms with Crippen molar-refractivity contribution in [1.29, 1.82) is 0 Å². The Hall–Kier alpha value is -4.67. The number of nitrogens with zero attached hydrogens (tertiary/aromatic N) is 6. The molecule has 2 aromatic carbocycles. The van der Waals surface area contributed by atoms with Crippen LogP contribution in [0.15, 0.2) is 58.6 Å². The SMILES string of the molecule is COc1ccc(C2=NN(C(=O)Cn3nc(C(C)C)c4cnn(C(C)(C)C)c4c3=O)C(c3ccc(OC)c(OC)c3)C2)cc1. The van der Waals surface area contributed by atoms with Gasteiger partial charge in [-0.1, -0.05) is 19.9 Å². The van der Waals surface area contributed by atoms with E-state index in [1.165, 1.54) is 9.69 Å². The molecule has 1 unspecified atom stereocenters. The molecule has 11 nitrogen and oxygen atoms in total. The van der Waals surface area contributed by atoms with Gasteiger partial charge in [0.15, 0.2) is 11.5 Å². The van der Waals surface area contributed by atoms with Gasteiger partial charge in [-0.3, -0.25) is 14.3 Å². The van der Waals surface area contributed by atoms with Gasteiger partial charge in [0.1, 0.15) is 17.8 Å². The minimum absolute atomic E-state index is 0.00747. The fraction of sp³-hybridized carbons (Fsp3) is 0.406. The van der Waals surface area contributed by atoms with Gasteiger partial charge in [0.25, 0.3) is 11.5 Å². The van der Waals surface area contributed by atoms with Gasteiger partial charge in [0.05, 0.1) is 50.5 Å². The van der Waals surface area contributed by atoms with Crippen LogP contribution in [0.1, 0.15) is 69.8 Å². The molecule has 1 aliphatic heterocycles. The van der Waals surface area contributed by atoms with Crippen LogP contribution in [0.2, 0.25) is 0 Å². The third-order valence-corrected chi connectivity index (χ3v) is 7.56. The summed E-state index contributed by atoms with van der Waals surface area (Å²) >= 11 is 0. The molecule has 0 saturated heterocycles. The molecule has 3 heterocycles. The number of hydrogen-bond acceptors (Lipinski definition) is 8. The van der Waals surface area contributed by atoms with Crippen LogP contribution in [0.25, 0.3) is 10.9 Å². The highest BCUT2D eigenvalue weighted by atomic mass is 16.5. The van der Waals surface area contributed by atoms with Gasteiger partial charge in [-0.15, -0.1) is 0 Å². The van der Waals surface area contributed by atoms with E-state index in [1.54, 1.807) is 32.2 Å². The maximum Gasteiger partial charge on any atom is 0.293 e. The van der Waals surface area contributed by atoms with E-state index in [0.29, 0.717) is 34.5 Å². The molecule has 0 fully saturated rings. The second-order valence-electron chi connectivity index (χ2n) is 11.8. The van der Waals surface area contributed by atoms with Crippen LogP contribution in [0, 0.1) is 0 Å². The zero-order valence-electron chi connectivity index (χ0n) is 25.9. The Kier molecular flexibility index (Phi) is 8.00. The number of amides is 1. The lowest BCUT2D eigenvalue weighted by molar-refractivity contribution is -0.133. The number of rotatable bonds is 8. The van der Waals surface area contributed by atoms with Gasteiger partial charge >= 0.3 is 0 Å². The maximum absolute atomic E-state index is 14.1. The molecule has 43 heavy (non-hydrogen) atoms. The number of carbonyl (C=O) groups excluding carboxylic acids is 1. The Labute approximate surface area is 250 Å². The van der Waals surface area contributed by atoms with Crippen molar-refractivity contribution in [2.75, 3.05) is 21.3 Å². The first-order valence-corrected chi connectivity index (χ1v) is 14.2. The average Bonchev–Trinajstić information content (AvgIpc) is 3.64. The predicted molar refractivity (Wildman–Crippen MR) is 164 cm³/mol. The van der Waals surface area contributed by atoms with Crippen molar-refractivity contribution in [3.05, 3.63) is 75.8 Å². The highest BCUT2D eigenvalue weighted by molar-refractivity contribution is 6.03. The largest absolute Gasteiger partial charge is 0.497 e. The molecule has 5 rings (SSSR count). The fourth-order valence-corrected chi connectivity index (χ4v) is 5.35. The third kappa shape index (κ3) is 5.59. The fourth-order valence-electron chi connectivity index (χ4n) is 5.35. The van der Waals surface area contributed by atoms with Crippen molar-refractivity contribution in [1.82, 2.24) is 24.6 Å². The van der Waals surface area contributed by atoms with E-state index in [9.17, 15) is 9.59 Å². The molecule has 2 aromatic heterocycles. The van der Waals surface area contributed by atoms with Crippen LogP contribution in [0.5, 0.6) is 17.2 Å². The Morgan fingerprint density at radius 1 is 1.00 bits per heavy atom. The lowest BCUT2D eigenvalue weighted by Gasteiger charge is -2.24. The Bertz CT molecular complexity index is 1750. The highest BCUT2D eigenvalue weighted by Crippen LogP contribution is 2.37. The molecule has 4 aromatic rings. The van der Waals surface area contributed by atoms with E-state index in [-0.39, 0.29) is 23.9 Å². The summed E-state index contributed by atoms with van der Waals surface area (Å²) in [6.07, 6.45) is 2.15. The zero-order valence-corrected chi connectivity index (χ0v) is 25.9. The van der Waals surface area contributed by atoms with E-state index < -0.39 is 11.6 Å². The minimum atomic E-state index is -0.441. The molecule has 1 aliphatic rings. The smallest absolute Gasteiger partial charge is 0.293 e. The monoisotopic (exact) mass is 586 g/mol. The first-order chi connectivity index (χ1) is 20.5. The van der Waals surface area contributed by atoms with E-state index in [2.05, 4.69) is 10.2 Å². The van der Waals surface area contributed by atoms with Crippen LogP contribution in [-0.2, 0) is 16.9 Å². The van der Waals surface area contributed by atoms with Crippen molar-refractivity contribution in [3.63, 3.8) is 0 Å². The number of aromatic nitrogens is 4. The second-order valence-corrected chi connectivity index (χ2v) is 11.8. The topological polar surface area (TPSA) is 113 Å². The quantitative estimate of drug-likeness (QED) is 0.289. The normalized spacial score (nSPS) is 15.2. The van der Waals surface area contributed by atoms with Crippen LogP contribution in [-0.4, -0.2) is 57.5 Å². The molecule has 0 bridgehead atoms. The van der Waals surface area contributed by atoms with Crippen molar-refractivity contribution >= 4 is 22.5 Å². The molecule has 0 spiro atoms. The minimum Gasteiger partial charge on any atom is -0.497 e. The van der Waals surface area contributed by atoms with Crippen molar-refractivity contribution in [3.8, 4) is 17.2 Å². The van der Waals surface area contributed by atoms with Gasteiger partial charge in [-0.25, -0.2) is 9.69 Å². The summed E-state index contributed by atoms with van der Waals surface area (Å²) in [6, 6.07) is 12.7. The van der Waals surface area contributed by atoms with Crippen molar-refractivity contribution in [2.24, 2.45) is 5.10 Å². The molecular formula is C32H38N6O5. The maximum atomic E-state index is 14.1. The third-order valence-electron chi connectivity index (χ3n) is 7.56. The van der Waals surface area contributed by atoms with Crippen molar-refractivity contribution < 1.29 is 19.0 Å². The Morgan fingerprint density at radius 3 is 2.30 bits per heavy atom.